The molecule has 0 unspecified atom stereocenters. The first-order chi connectivity index (χ1) is 6.83. The number of hydrogen-bond donors (Lipinski definition) is 1. The van der Waals surface area contributed by atoms with Gasteiger partial charge < -0.3 is 10.8 Å². The van der Waals surface area contributed by atoms with Crippen LogP contribution < -0.4 is 5.32 Å². The molecule has 0 heterocycles. The third-order valence-corrected chi connectivity index (χ3v) is 2.66. The highest BCUT2D eigenvalue weighted by Crippen LogP contribution is 2.22. The summed E-state index contributed by atoms with van der Waals surface area (Å²) in [5.74, 6) is 0.547. The summed E-state index contributed by atoms with van der Waals surface area (Å²) in [6.07, 6.45) is 7.47. The van der Waals surface area contributed by atoms with Crippen molar-refractivity contribution in [2.75, 3.05) is 13.1 Å². The molecule has 1 aliphatic carbocycles. The molecule has 0 saturated heterocycles. The Hall–Kier alpha value is -0.990. The van der Waals surface area contributed by atoms with E-state index in [-0.39, 0.29) is 12.3 Å². The van der Waals surface area contributed by atoms with Gasteiger partial charge in [0.25, 0.3) is 0 Å². The van der Waals surface area contributed by atoms with E-state index in [2.05, 4.69) is 10.1 Å². The third-order valence-electron chi connectivity index (χ3n) is 2.66. The maximum Gasteiger partial charge on any atom is 0.324 e. The van der Waals surface area contributed by atoms with E-state index in [9.17, 15) is 4.79 Å². The smallest absolute Gasteiger partial charge is 0.324 e. The number of rotatable bonds is 5. The van der Waals surface area contributed by atoms with Crippen molar-refractivity contribution in [2.45, 2.75) is 32.1 Å². The minimum absolute atomic E-state index is 0.177. The maximum atomic E-state index is 10.9. The molecule has 0 bridgehead atoms. The second-order valence-electron chi connectivity index (χ2n) is 3.85. The number of Topliss-reactive ketones (excluding diaryl/α,β-unsaturated/α-hetero) is 1. The van der Waals surface area contributed by atoms with Gasteiger partial charge in [-0.1, -0.05) is 19.3 Å². The van der Waals surface area contributed by atoms with Gasteiger partial charge in [-0.05, 0) is 25.3 Å². The van der Waals surface area contributed by atoms with Gasteiger partial charge in [-0.2, -0.15) is 4.79 Å². The molecule has 14 heavy (non-hydrogen) atoms. The SMILES string of the molecule is [N-]=[N+]=CC(=O)CNCC1CCCCC1. The molecule has 1 rings (SSSR count). The molecule has 0 radical (unpaired) electrons. The zero-order chi connectivity index (χ0) is 10.2. The first kappa shape index (κ1) is 11.1. The van der Waals surface area contributed by atoms with E-state index < -0.39 is 0 Å². The number of nitrogens with zero attached hydrogens (tertiary/aromatic N) is 2. The molecule has 78 valence electrons. The van der Waals surface area contributed by atoms with Crippen LogP contribution in [0.4, 0.5) is 0 Å². The van der Waals surface area contributed by atoms with Crippen LogP contribution in [-0.4, -0.2) is 29.9 Å². The number of carbonyl (C=O) groups excluding carboxylic acids is 1. The topological polar surface area (TPSA) is 65.5 Å². The molecule has 4 nitrogen and oxygen atoms in total. The molecular formula is C10H17N3O. The second kappa shape index (κ2) is 6.46. The molecule has 1 fully saturated rings. The maximum absolute atomic E-state index is 10.9. The highest BCUT2D eigenvalue weighted by atomic mass is 16.1. The summed E-state index contributed by atoms with van der Waals surface area (Å²) in [6.45, 7) is 1.19. The predicted octanol–water partition coefficient (Wildman–Crippen LogP) is 1.03. The molecule has 0 aliphatic heterocycles. The minimum atomic E-state index is -0.177. The molecule has 0 aromatic carbocycles. The van der Waals surface area contributed by atoms with Gasteiger partial charge in [-0.25, -0.2) is 0 Å². The van der Waals surface area contributed by atoms with Gasteiger partial charge in [-0.15, -0.1) is 0 Å². The lowest BCUT2D eigenvalue weighted by Gasteiger charge is -2.21. The Bertz CT molecular complexity index is 228. The number of nitrogens with one attached hydrogen (secondary N) is 1. The van der Waals surface area contributed by atoms with E-state index in [0.29, 0.717) is 0 Å². The molecule has 1 saturated carbocycles. The second-order valence-corrected chi connectivity index (χ2v) is 3.85. The molecule has 0 spiro atoms. The molecule has 1 N–H and O–H groups in total. The zero-order valence-corrected chi connectivity index (χ0v) is 8.41. The van der Waals surface area contributed by atoms with Gasteiger partial charge in [-0.3, -0.25) is 4.79 Å². The van der Waals surface area contributed by atoms with Crippen LogP contribution in [0.5, 0.6) is 0 Å². The van der Waals surface area contributed by atoms with Crippen LogP contribution >= 0.6 is 0 Å². The van der Waals surface area contributed by atoms with Crippen molar-refractivity contribution in [3.8, 4) is 0 Å². The van der Waals surface area contributed by atoms with Crippen LogP contribution in [-0.2, 0) is 4.79 Å². The fourth-order valence-corrected chi connectivity index (χ4v) is 1.90. The summed E-state index contributed by atoms with van der Waals surface area (Å²) in [7, 11) is 0. The summed E-state index contributed by atoms with van der Waals surface area (Å²) in [5.41, 5.74) is 8.11. The van der Waals surface area contributed by atoms with E-state index in [4.69, 9.17) is 5.53 Å². The molecule has 0 aromatic rings. The lowest BCUT2D eigenvalue weighted by atomic mass is 9.89. The van der Waals surface area contributed by atoms with E-state index in [1.165, 1.54) is 32.1 Å². The Morgan fingerprint density at radius 1 is 1.43 bits per heavy atom. The van der Waals surface area contributed by atoms with Crippen molar-refractivity contribution in [3.63, 3.8) is 0 Å². The van der Waals surface area contributed by atoms with Crippen molar-refractivity contribution in [3.05, 3.63) is 5.53 Å². The van der Waals surface area contributed by atoms with Crippen molar-refractivity contribution < 1.29 is 9.58 Å². The Balaban J connectivity index is 2.07. The average molecular weight is 195 g/mol. The fraction of sp³-hybridized carbons (Fsp3) is 0.800. The fourth-order valence-electron chi connectivity index (χ4n) is 1.90. The number of ketones is 1. The first-order valence-corrected chi connectivity index (χ1v) is 5.24. The number of carbonyl (C=O) groups is 1. The summed E-state index contributed by atoms with van der Waals surface area (Å²) >= 11 is 0. The van der Waals surface area contributed by atoms with E-state index in [1.54, 1.807) is 0 Å². The average Bonchev–Trinajstić information content (AvgIpc) is 2.20. The van der Waals surface area contributed by atoms with Crippen molar-refractivity contribution in [1.29, 1.82) is 0 Å². The Kier molecular flexibility index (Phi) is 5.12. The highest BCUT2D eigenvalue weighted by Gasteiger charge is 2.13. The zero-order valence-electron chi connectivity index (χ0n) is 8.41. The van der Waals surface area contributed by atoms with Gasteiger partial charge in [0.05, 0.1) is 6.54 Å². The van der Waals surface area contributed by atoms with Gasteiger partial charge in [0.15, 0.2) is 0 Å². The van der Waals surface area contributed by atoms with E-state index >= 15 is 0 Å². The van der Waals surface area contributed by atoms with Gasteiger partial charge >= 0.3 is 6.21 Å². The van der Waals surface area contributed by atoms with Crippen LogP contribution in [0.15, 0.2) is 0 Å². The quantitative estimate of drug-likeness (QED) is 0.404. The molecule has 4 heteroatoms. The molecule has 0 atom stereocenters. The largest absolute Gasteiger partial charge is 0.361 e. The third kappa shape index (κ3) is 4.30. The Morgan fingerprint density at radius 2 is 2.14 bits per heavy atom. The Labute approximate surface area is 84.3 Å². The highest BCUT2D eigenvalue weighted by molar-refractivity contribution is 6.26. The van der Waals surface area contributed by atoms with Crippen LogP contribution in [0.25, 0.3) is 5.53 Å². The lowest BCUT2D eigenvalue weighted by molar-refractivity contribution is -0.115. The van der Waals surface area contributed by atoms with Crippen molar-refractivity contribution in [2.24, 2.45) is 5.92 Å². The van der Waals surface area contributed by atoms with Crippen LogP contribution in [0, 0.1) is 5.92 Å². The van der Waals surface area contributed by atoms with E-state index in [0.717, 1.165) is 18.7 Å². The summed E-state index contributed by atoms with van der Waals surface area (Å²) in [5, 5.41) is 3.09. The minimum Gasteiger partial charge on any atom is -0.361 e. The van der Waals surface area contributed by atoms with Crippen LogP contribution in [0.2, 0.25) is 0 Å². The standard InChI is InChI=1S/C10H17N3O/c11-13-8-10(14)7-12-6-9-4-2-1-3-5-9/h8-9,12H,1-7H2. The van der Waals surface area contributed by atoms with Crippen molar-refractivity contribution >= 4 is 12.0 Å². The predicted molar refractivity (Wildman–Crippen MR) is 54.1 cm³/mol. The van der Waals surface area contributed by atoms with E-state index in [1.807, 2.05) is 0 Å². The summed E-state index contributed by atoms with van der Waals surface area (Å²) < 4.78 is 0. The Morgan fingerprint density at radius 3 is 2.79 bits per heavy atom. The first-order valence-electron chi connectivity index (χ1n) is 5.24. The molecule has 1 aliphatic rings. The van der Waals surface area contributed by atoms with Crippen LogP contribution in [0.3, 0.4) is 0 Å². The monoisotopic (exact) mass is 195 g/mol. The van der Waals surface area contributed by atoms with Crippen molar-refractivity contribution in [1.82, 2.24) is 5.32 Å². The van der Waals surface area contributed by atoms with Crippen LogP contribution in [0.1, 0.15) is 32.1 Å². The summed E-state index contributed by atoms with van der Waals surface area (Å²) in [4.78, 5) is 13.6. The normalized spacial score (nSPS) is 17.4. The lowest BCUT2D eigenvalue weighted by Crippen LogP contribution is -2.29. The number of hydrogen-bond acceptors (Lipinski definition) is 2. The molecule has 0 amide bonds. The van der Waals surface area contributed by atoms with Gasteiger partial charge in [0, 0.05) is 0 Å². The van der Waals surface area contributed by atoms with Gasteiger partial charge in [0.2, 0.25) is 5.78 Å². The molecule has 0 aromatic heterocycles. The summed E-state index contributed by atoms with van der Waals surface area (Å²) in [6, 6.07) is 0. The van der Waals surface area contributed by atoms with Gasteiger partial charge in [0.1, 0.15) is 0 Å². The molecular weight excluding hydrogens is 178 g/mol.